The predicted octanol–water partition coefficient (Wildman–Crippen LogP) is 3.17. The molecule has 0 fully saturated rings. The number of halogens is 1. The Morgan fingerprint density at radius 2 is 2.00 bits per heavy atom. The third-order valence-corrected chi connectivity index (χ3v) is 3.82. The van der Waals surface area contributed by atoms with Gasteiger partial charge in [0.15, 0.2) is 0 Å². The van der Waals surface area contributed by atoms with Crippen LogP contribution in [0.15, 0.2) is 22.7 Å². The highest BCUT2D eigenvalue weighted by atomic mass is 79.9. The summed E-state index contributed by atoms with van der Waals surface area (Å²) >= 11 is 3.53. The molecule has 0 aliphatic rings. The fraction of sp³-hybridized carbons (Fsp3) is 0.571. The first-order valence-electron chi connectivity index (χ1n) is 5.98. The summed E-state index contributed by atoms with van der Waals surface area (Å²) in [5, 5.41) is 0. The molecule has 0 heterocycles. The van der Waals surface area contributed by atoms with Crippen molar-refractivity contribution in [2.45, 2.75) is 27.3 Å². The molecule has 2 nitrogen and oxygen atoms in total. The molecular formula is C14H23BrN2. The predicted molar refractivity (Wildman–Crippen MR) is 78.0 cm³/mol. The Bertz CT molecular complexity index is 374. The average molecular weight is 299 g/mol. The first kappa shape index (κ1) is 14.7. The van der Waals surface area contributed by atoms with E-state index in [4.69, 9.17) is 5.73 Å². The SMILES string of the molecule is Cc1cc(CN(C)CC(C)(C)CN)ccc1Br. The summed E-state index contributed by atoms with van der Waals surface area (Å²) in [4.78, 5) is 2.33. The van der Waals surface area contributed by atoms with Crippen LogP contribution in [-0.4, -0.2) is 25.0 Å². The number of hydrogen-bond donors (Lipinski definition) is 1. The Kier molecular flexibility index (Phi) is 5.17. The molecule has 0 aromatic heterocycles. The zero-order valence-electron chi connectivity index (χ0n) is 11.3. The van der Waals surface area contributed by atoms with Crippen LogP contribution in [0.1, 0.15) is 25.0 Å². The van der Waals surface area contributed by atoms with Crippen molar-refractivity contribution in [3.63, 3.8) is 0 Å². The molecule has 1 aromatic rings. The maximum Gasteiger partial charge on any atom is 0.0231 e. The lowest BCUT2D eigenvalue weighted by Gasteiger charge is -2.29. The van der Waals surface area contributed by atoms with Crippen LogP contribution < -0.4 is 5.73 Å². The molecule has 1 aromatic carbocycles. The zero-order valence-corrected chi connectivity index (χ0v) is 12.8. The molecule has 0 unspecified atom stereocenters. The fourth-order valence-corrected chi connectivity index (χ4v) is 2.21. The molecule has 3 heteroatoms. The Morgan fingerprint density at radius 1 is 1.35 bits per heavy atom. The van der Waals surface area contributed by atoms with E-state index in [0.29, 0.717) is 0 Å². The van der Waals surface area contributed by atoms with Crippen molar-refractivity contribution in [2.75, 3.05) is 20.1 Å². The van der Waals surface area contributed by atoms with Gasteiger partial charge < -0.3 is 10.6 Å². The van der Waals surface area contributed by atoms with Gasteiger partial charge in [0.05, 0.1) is 0 Å². The van der Waals surface area contributed by atoms with Gasteiger partial charge in [-0.2, -0.15) is 0 Å². The number of aryl methyl sites for hydroxylation is 1. The second-order valence-electron chi connectivity index (χ2n) is 5.62. The van der Waals surface area contributed by atoms with Crippen LogP contribution in [0, 0.1) is 12.3 Å². The molecule has 96 valence electrons. The van der Waals surface area contributed by atoms with E-state index < -0.39 is 0 Å². The van der Waals surface area contributed by atoms with Crippen molar-refractivity contribution in [1.29, 1.82) is 0 Å². The van der Waals surface area contributed by atoms with E-state index in [1.807, 2.05) is 0 Å². The van der Waals surface area contributed by atoms with Gasteiger partial charge in [-0.3, -0.25) is 0 Å². The lowest BCUT2D eigenvalue weighted by Crippen LogP contribution is -2.36. The lowest BCUT2D eigenvalue weighted by molar-refractivity contribution is 0.210. The van der Waals surface area contributed by atoms with E-state index in [2.05, 4.69) is 66.8 Å². The molecule has 0 aliphatic heterocycles. The van der Waals surface area contributed by atoms with Crippen LogP contribution in [0.4, 0.5) is 0 Å². The van der Waals surface area contributed by atoms with Crippen molar-refractivity contribution < 1.29 is 0 Å². The molecule has 0 saturated carbocycles. The second kappa shape index (κ2) is 5.98. The minimum atomic E-state index is 0.180. The average Bonchev–Trinajstić information content (AvgIpc) is 2.23. The van der Waals surface area contributed by atoms with Crippen molar-refractivity contribution >= 4 is 15.9 Å². The Labute approximate surface area is 113 Å². The summed E-state index contributed by atoms with van der Waals surface area (Å²) in [6.07, 6.45) is 0. The molecule has 2 N–H and O–H groups in total. The molecule has 0 saturated heterocycles. The fourth-order valence-electron chi connectivity index (χ4n) is 1.97. The van der Waals surface area contributed by atoms with E-state index in [-0.39, 0.29) is 5.41 Å². The van der Waals surface area contributed by atoms with Gasteiger partial charge in [-0.15, -0.1) is 0 Å². The summed E-state index contributed by atoms with van der Waals surface area (Å²) < 4.78 is 1.17. The zero-order chi connectivity index (χ0) is 13.1. The van der Waals surface area contributed by atoms with Crippen LogP contribution >= 0.6 is 15.9 Å². The van der Waals surface area contributed by atoms with Gasteiger partial charge in [-0.25, -0.2) is 0 Å². The summed E-state index contributed by atoms with van der Waals surface area (Å²) in [5.41, 5.74) is 8.57. The minimum absolute atomic E-state index is 0.180. The number of nitrogens with two attached hydrogens (primary N) is 1. The van der Waals surface area contributed by atoms with Crippen molar-refractivity contribution in [3.05, 3.63) is 33.8 Å². The van der Waals surface area contributed by atoms with E-state index in [0.717, 1.165) is 19.6 Å². The molecule has 0 spiro atoms. The van der Waals surface area contributed by atoms with Crippen molar-refractivity contribution in [2.24, 2.45) is 11.1 Å². The van der Waals surface area contributed by atoms with Crippen molar-refractivity contribution in [3.8, 4) is 0 Å². The summed E-state index contributed by atoms with van der Waals surface area (Å²) in [5.74, 6) is 0. The number of hydrogen-bond acceptors (Lipinski definition) is 2. The summed E-state index contributed by atoms with van der Waals surface area (Å²) in [7, 11) is 2.15. The van der Waals surface area contributed by atoms with Gasteiger partial charge in [0, 0.05) is 17.6 Å². The second-order valence-corrected chi connectivity index (χ2v) is 6.48. The highest BCUT2D eigenvalue weighted by molar-refractivity contribution is 9.10. The van der Waals surface area contributed by atoms with Gasteiger partial charge in [0.25, 0.3) is 0 Å². The highest BCUT2D eigenvalue weighted by Gasteiger charge is 2.18. The van der Waals surface area contributed by atoms with E-state index in [1.54, 1.807) is 0 Å². The summed E-state index contributed by atoms with van der Waals surface area (Å²) in [6.45, 7) is 9.23. The largest absolute Gasteiger partial charge is 0.330 e. The Morgan fingerprint density at radius 3 is 2.53 bits per heavy atom. The van der Waals surface area contributed by atoms with Crippen molar-refractivity contribution in [1.82, 2.24) is 4.90 Å². The van der Waals surface area contributed by atoms with Crippen LogP contribution in [0.2, 0.25) is 0 Å². The maximum absolute atomic E-state index is 5.76. The molecular weight excluding hydrogens is 276 g/mol. The normalized spacial score (nSPS) is 12.2. The minimum Gasteiger partial charge on any atom is -0.330 e. The van der Waals surface area contributed by atoms with Crippen LogP contribution in [0.25, 0.3) is 0 Å². The third-order valence-electron chi connectivity index (χ3n) is 2.93. The number of rotatable bonds is 5. The summed E-state index contributed by atoms with van der Waals surface area (Å²) in [6, 6.07) is 6.52. The van der Waals surface area contributed by atoms with Crippen LogP contribution in [0.5, 0.6) is 0 Å². The maximum atomic E-state index is 5.76. The molecule has 0 atom stereocenters. The highest BCUT2D eigenvalue weighted by Crippen LogP contribution is 2.19. The van der Waals surface area contributed by atoms with Gasteiger partial charge in [0.1, 0.15) is 0 Å². The lowest BCUT2D eigenvalue weighted by atomic mass is 9.93. The molecule has 1 rings (SSSR count). The Balaban J connectivity index is 2.62. The monoisotopic (exact) mass is 298 g/mol. The molecule has 0 radical (unpaired) electrons. The van der Waals surface area contributed by atoms with Gasteiger partial charge in [0.2, 0.25) is 0 Å². The number of nitrogens with zero attached hydrogens (tertiary/aromatic N) is 1. The topological polar surface area (TPSA) is 29.3 Å². The third kappa shape index (κ3) is 4.78. The van der Waals surface area contributed by atoms with Crippen LogP contribution in [-0.2, 0) is 6.54 Å². The standard InChI is InChI=1S/C14H23BrN2/c1-11-7-12(5-6-13(11)15)8-17(4)10-14(2,3)9-16/h5-7H,8-10,16H2,1-4H3. The Hall–Kier alpha value is -0.380. The van der Waals surface area contributed by atoms with Gasteiger partial charge in [-0.05, 0) is 43.1 Å². The smallest absolute Gasteiger partial charge is 0.0231 e. The quantitative estimate of drug-likeness (QED) is 0.905. The molecule has 0 amide bonds. The molecule has 17 heavy (non-hydrogen) atoms. The van der Waals surface area contributed by atoms with Gasteiger partial charge in [-0.1, -0.05) is 41.9 Å². The first-order valence-corrected chi connectivity index (χ1v) is 6.77. The number of benzene rings is 1. The van der Waals surface area contributed by atoms with E-state index in [1.165, 1.54) is 15.6 Å². The van der Waals surface area contributed by atoms with E-state index in [9.17, 15) is 0 Å². The molecule has 0 bridgehead atoms. The molecule has 0 aliphatic carbocycles. The van der Waals surface area contributed by atoms with Gasteiger partial charge >= 0.3 is 0 Å². The van der Waals surface area contributed by atoms with E-state index >= 15 is 0 Å². The first-order chi connectivity index (χ1) is 7.84. The van der Waals surface area contributed by atoms with Crippen LogP contribution in [0.3, 0.4) is 0 Å².